The highest BCUT2D eigenvalue weighted by atomic mass is 19.3. The van der Waals surface area contributed by atoms with Gasteiger partial charge in [-0.2, -0.15) is 0 Å². The number of nitrogens with one attached hydrogen (secondary N) is 1. The van der Waals surface area contributed by atoms with Crippen LogP contribution in [0.5, 0.6) is 0 Å². The molecule has 1 amide bonds. The van der Waals surface area contributed by atoms with Crippen molar-refractivity contribution in [2.24, 2.45) is 0 Å². The smallest absolute Gasteiger partial charge is 0.266 e. The normalized spacial score (nSPS) is 12.2. The molecule has 6 nitrogen and oxygen atoms in total. The number of halogens is 3. The predicted molar refractivity (Wildman–Crippen MR) is 118 cm³/mol. The molecule has 0 saturated heterocycles. The second-order valence-corrected chi connectivity index (χ2v) is 7.77. The zero-order valence-corrected chi connectivity index (χ0v) is 18.5. The largest absolute Gasteiger partial charge is 0.363 e. The molecule has 32 heavy (non-hydrogen) atoms. The number of amides is 1. The first-order valence-electron chi connectivity index (χ1n) is 9.91. The molecule has 168 valence electrons. The van der Waals surface area contributed by atoms with E-state index in [2.05, 4.69) is 26.8 Å². The van der Waals surface area contributed by atoms with E-state index in [-0.39, 0.29) is 11.5 Å². The fourth-order valence-corrected chi connectivity index (χ4v) is 3.36. The van der Waals surface area contributed by atoms with E-state index >= 15 is 0 Å². The summed E-state index contributed by atoms with van der Waals surface area (Å²) in [6, 6.07) is 4.81. The van der Waals surface area contributed by atoms with E-state index in [4.69, 9.17) is 0 Å². The van der Waals surface area contributed by atoms with Crippen LogP contribution in [0.25, 0.3) is 16.6 Å². The Hall–Kier alpha value is -3.49. The number of aryl methyl sites for hydroxylation is 1. The first-order chi connectivity index (χ1) is 15.0. The molecule has 0 spiro atoms. The maximum absolute atomic E-state index is 14.6. The summed E-state index contributed by atoms with van der Waals surface area (Å²) in [4.78, 5) is 27.4. The molecule has 1 N–H and O–H groups in total. The quantitative estimate of drug-likeness (QED) is 0.559. The van der Waals surface area contributed by atoms with Gasteiger partial charge in [-0.15, -0.1) is 0 Å². The van der Waals surface area contributed by atoms with Crippen molar-refractivity contribution in [2.75, 3.05) is 19.4 Å². The Labute approximate surface area is 184 Å². The van der Waals surface area contributed by atoms with Gasteiger partial charge in [0.05, 0.1) is 28.2 Å². The monoisotopic (exact) mass is 443 g/mol. The molecule has 1 aromatic carbocycles. The molecular weight excluding hydrogens is 419 g/mol. The van der Waals surface area contributed by atoms with Crippen LogP contribution in [0.15, 0.2) is 30.8 Å². The maximum Gasteiger partial charge on any atom is 0.266 e. The summed E-state index contributed by atoms with van der Waals surface area (Å²) in [5, 5.41) is 3.52. The van der Waals surface area contributed by atoms with Gasteiger partial charge in [-0.1, -0.05) is 24.8 Å². The molecule has 0 fully saturated rings. The van der Waals surface area contributed by atoms with Gasteiger partial charge in [0.1, 0.15) is 17.5 Å². The summed E-state index contributed by atoms with van der Waals surface area (Å²) in [5.41, 5.74) is 1.09. The van der Waals surface area contributed by atoms with Gasteiger partial charge in [-0.25, -0.2) is 28.1 Å². The molecular formula is C23H24F3N5O. The van der Waals surface area contributed by atoms with E-state index in [1.807, 2.05) is 0 Å². The van der Waals surface area contributed by atoms with Crippen molar-refractivity contribution >= 4 is 28.3 Å². The maximum atomic E-state index is 14.6. The summed E-state index contributed by atoms with van der Waals surface area (Å²) < 4.78 is 40.9. The number of allylic oxidation sites excluding steroid dienone is 1. The van der Waals surface area contributed by atoms with E-state index in [1.54, 1.807) is 40.9 Å². The minimum absolute atomic E-state index is 0.0725. The Kier molecular flexibility index (Phi) is 6.47. The lowest BCUT2D eigenvalue weighted by molar-refractivity contribution is 0.0827. The van der Waals surface area contributed by atoms with Gasteiger partial charge in [0, 0.05) is 19.7 Å². The van der Waals surface area contributed by atoms with Gasteiger partial charge >= 0.3 is 0 Å². The lowest BCUT2D eigenvalue weighted by Gasteiger charge is -2.20. The van der Waals surface area contributed by atoms with Crippen LogP contribution in [-0.4, -0.2) is 39.9 Å². The van der Waals surface area contributed by atoms with Crippen molar-refractivity contribution in [3.63, 3.8) is 0 Å². The Morgan fingerprint density at radius 2 is 1.81 bits per heavy atom. The highest BCUT2D eigenvalue weighted by Gasteiger charge is 2.22. The van der Waals surface area contributed by atoms with Crippen LogP contribution in [0.1, 0.15) is 59.3 Å². The van der Waals surface area contributed by atoms with Crippen LogP contribution in [0.2, 0.25) is 0 Å². The molecule has 1 atom stereocenters. The second-order valence-electron chi connectivity index (χ2n) is 7.77. The molecule has 0 aliphatic rings. The molecule has 0 radical (unpaired) electrons. The van der Waals surface area contributed by atoms with Gasteiger partial charge in [0.25, 0.3) is 12.3 Å². The topological polar surface area (TPSA) is 71.0 Å². The zero-order valence-electron chi connectivity index (χ0n) is 18.5. The van der Waals surface area contributed by atoms with Crippen LogP contribution >= 0.6 is 0 Å². The van der Waals surface area contributed by atoms with E-state index in [1.165, 1.54) is 17.0 Å². The number of pyridine rings is 1. The average Bonchev–Trinajstić information content (AvgIpc) is 2.71. The van der Waals surface area contributed by atoms with Crippen molar-refractivity contribution < 1.29 is 18.0 Å². The van der Waals surface area contributed by atoms with Gasteiger partial charge in [0.15, 0.2) is 5.65 Å². The van der Waals surface area contributed by atoms with Crippen molar-refractivity contribution in [1.82, 2.24) is 19.9 Å². The Morgan fingerprint density at radius 3 is 2.41 bits per heavy atom. The molecule has 0 aliphatic heterocycles. The number of carbonyl (C=O) groups excluding carboxylic acids is 1. The third-order valence-electron chi connectivity index (χ3n) is 4.95. The molecule has 9 heteroatoms. The number of benzene rings is 1. The van der Waals surface area contributed by atoms with E-state index in [0.29, 0.717) is 39.5 Å². The van der Waals surface area contributed by atoms with Crippen LogP contribution < -0.4 is 5.32 Å². The van der Waals surface area contributed by atoms with Crippen molar-refractivity contribution in [3.8, 4) is 0 Å². The number of anilines is 1. The fraction of sp³-hybridized carbons (Fsp3) is 0.304. The van der Waals surface area contributed by atoms with Crippen LogP contribution in [-0.2, 0) is 0 Å². The Bertz CT molecular complexity index is 1210. The minimum atomic E-state index is -2.92. The lowest BCUT2D eigenvalue weighted by atomic mass is 10.0. The lowest BCUT2D eigenvalue weighted by Crippen LogP contribution is -2.23. The van der Waals surface area contributed by atoms with E-state index in [0.717, 1.165) is 6.07 Å². The minimum Gasteiger partial charge on any atom is -0.363 e. The SMILES string of the molecule is C=C(C)c1nc2nc(C)nc(N[C@H](C)c3cccc(C(F)F)c3F)c2cc1C(=O)N(C)C. The molecule has 0 saturated carbocycles. The number of alkyl halides is 2. The first kappa shape index (κ1) is 23.2. The number of fused-ring (bicyclic) bond motifs is 1. The van der Waals surface area contributed by atoms with E-state index < -0.39 is 23.8 Å². The number of rotatable bonds is 6. The number of hydrogen-bond donors (Lipinski definition) is 1. The third-order valence-corrected chi connectivity index (χ3v) is 4.95. The van der Waals surface area contributed by atoms with Crippen LogP contribution in [0, 0.1) is 12.7 Å². The second kappa shape index (κ2) is 8.94. The van der Waals surface area contributed by atoms with Crippen molar-refractivity contribution in [3.05, 3.63) is 64.9 Å². The van der Waals surface area contributed by atoms with Crippen molar-refractivity contribution in [2.45, 2.75) is 33.2 Å². The zero-order chi connectivity index (χ0) is 23.7. The molecule has 3 aromatic rings. The predicted octanol–water partition coefficient (Wildman–Crippen LogP) is 5.32. The summed E-state index contributed by atoms with van der Waals surface area (Å²) in [5.74, 6) is -0.521. The number of hydrogen-bond acceptors (Lipinski definition) is 5. The first-order valence-corrected chi connectivity index (χ1v) is 9.91. The summed E-state index contributed by atoms with van der Waals surface area (Å²) in [7, 11) is 3.25. The highest BCUT2D eigenvalue weighted by molar-refractivity contribution is 6.02. The standard InChI is InChI=1S/C23H24F3N5O/c1-11(2)19-16(23(32)31(5)6)10-17-21(28-13(4)29-22(17)30-19)27-12(3)14-8-7-9-15(18(14)24)20(25)26/h7-10,12,20H,1H2,2-6H3,(H,27,28,29,30)/t12-/m1/s1. The van der Waals surface area contributed by atoms with Crippen LogP contribution in [0.4, 0.5) is 19.0 Å². The van der Waals surface area contributed by atoms with Crippen molar-refractivity contribution in [1.29, 1.82) is 0 Å². The fourth-order valence-electron chi connectivity index (χ4n) is 3.36. The van der Waals surface area contributed by atoms with Gasteiger partial charge in [-0.05, 0) is 32.4 Å². The Balaban J connectivity index is 2.15. The molecule has 3 rings (SSSR count). The van der Waals surface area contributed by atoms with Crippen LogP contribution in [0.3, 0.4) is 0 Å². The Morgan fingerprint density at radius 1 is 1.16 bits per heavy atom. The van der Waals surface area contributed by atoms with Gasteiger partial charge < -0.3 is 10.2 Å². The number of carbonyl (C=O) groups is 1. The summed E-state index contributed by atoms with van der Waals surface area (Å²) in [6.45, 7) is 8.96. The third kappa shape index (κ3) is 4.42. The summed E-state index contributed by atoms with van der Waals surface area (Å²) in [6.07, 6.45) is -2.92. The molecule has 0 aliphatic carbocycles. The average molecular weight is 443 g/mol. The number of aromatic nitrogens is 3. The van der Waals surface area contributed by atoms with Gasteiger partial charge in [-0.3, -0.25) is 4.79 Å². The number of nitrogens with zero attached hydrogens (tertiary/aromatic N) is 4. The molecule has 0 unspecified atom stereocenters. The van der Waals surface area contributed by atoms with E-state index in [9.17, 15) is 18.0 Å². The molecule has 0 bridgehead atoms. The highest BCUT2D eigenvalue weighted by Crippen LogP contribution is 2.31. The van der Waals surface area contributed by atoms with Gasteiger partial charge in [0.2, 0.25) is 0 Å². The molecule has 2 heterocycles. The summed E-state index contributed by atoms with van der Waals surface area (Å²) >= 11 is 0. The molecule has 2 aromatic heterocycles.